The highest BCUT2D eigenvalue weighted by Crippen LogP contribution is 2.30. The zero-order chi connectivity index (χ0) is 19.6. The Morgan fingerprint density at radius 1 is 1.19 bits per heavy atom. The molecule has 0 radical (unpaired) electrons. The maximum absolute atomic E-state index is 12.5. The molecule has 0 aliphatic carbocycles. The number of ether oxygens (including phenoxy) is 1. The average molecular weight is 372 g/mol. The van der Waals surface area contributed by atoms with Crippen molar-refractivity contribution in [1.29, 1.82) is 0 Å². The number of phenols is 2. The third-order valence-corrected chi connectivity index (χ3v) is 4.22. The van der Waals surface area contributed by atoms with Crippen LogP contribution in [0.3, 0.4) is 0 Å². The van der Waals surface area contributed by atoms with Gasteiger partial charge in [0.25, 0.3) is 11.6 Å². The van der Waals surface area contributed by atoms with Crippen LogP contribution in [-0.2, 0) is 16.0 Å². The summed E-state index contributed by atoms with van der Waals surface area (Å²) in [6.45, 7) is -0.138. The van der Waals surface area contributed by atoms with Gasteiger partial charge in [0.15, 0.2) is 6.61 Å². The molecule has 0 spiro atoms. The number of nitro groups is 1. The van der Waals surface area contributed by atoms with E-state index in [1.54, 1.807) is 0 Å². The van der Waals surface area contributed by atoms with Crippen LogP contribution in [0.5, 0.6) is 11.5 Å². The molecule has 9 heteroatoms. The number of nitro benzene ring substituents is 1. The summed E-state index contributed by atoms with van der Waals surface area (Å²) < 4.78 is 4.96. The van der Waals surface area contributed by atoms with Crippen molar-refractivity contribution in [2.75, 3.05) is 18.1 Å². The number of phenolic OH excluding ortho intramolecular Hbond substituents is 2. The van der Waals surface area contributed by atoms with E-state index >= 15 is 0 Å². The van der Waals surface area contributed by atoms with E-state index in [0.717, 1.165) is 6.07 Å². The molecule has 2 N–H and O–H groups in total. The van der Waals surface area contributed by atoms with Crippen LogP contribution in [-0.4, -0.2) is 40.2 Å². The minimum absolute atomic E-state index is 0.0442. The van der Waals surface area contributed by atoms with Gasteiger partial charge in [0.05, 0.1) is 4.92 Å². The first kappa shape index (κ1) is 18.2. The molecule has 0 aromatic heterocycles. The summed E-state index contributed by atoms with van der Waals surface area (Å²) >= 11 is 0. The number of hydrogen-bond acceptors (Lipinski definition) is 7. The van der Waals surface area contributed by atoms with Gasteiger partial charge in [-0.1, -0.05) is 0 Å². The van der Waals surface area contributed by atoms with Crippen molar-refractivity contribution < 1.29 is 29.5 Å². The van der Waals surface area contributed by atoms with Gasteiger partial charge < -0.3 is 19.8 Å². The molecular formula is C18H16N2O7. The smallest absolute Gasteiger partial charge is 0.342 e. The second-order valence-electron chi connectivity index (χ2n) is 6.00. The number of anilines is 1. The lowest BCUT2D eigenvalue weighted by Crippen LogP contribution is -2.38. The molecule has 0 saturated heterocycles. The predicted octanol–water partition coefficient (Wildman–Crippen LogP) is 2.14. The molecule has 3 rings (SSSR count). The first-order valence-electron chi connectivity index (χ1n) is 8.13. The first-order valence-corrected chi connectivity index (χ1v) is 8.13. The average Bonchev–Trinajstić information content (AvgIpc) is 2.64. The molecule has 140 valence electrons. The number of aryl methyl sites for hydroxylation is 1. The number of carbonyl (C=O) groups excluding carboxylic acids is 2. The number of nitrogens with zero attached hydrogens (tertiary/aromatic N) is 2. The van der Waals surface area contributed by atoms with Crippen molar-refractivity contribution in [3.8, 4) is 11.5 Å². The highest BCUT2D eigenvalue weighted by molar-refractivity contribution is 5.98. The fraction of sp³-hybridized carbons (Fsp3) is 0.222. The van der Waals surface area contributed by atoms with Crippen LogP contribution in [0.2, 0.25) is 0 Å². The number of fused-ring (bicyclic) bond motifs is 1. The summed E-state index contributed by atoms with van der Waals surface area (Å²) in [6.07, 6.45) is 1.24. The molecule has 0 unspecified atom stereocenters. The largest absolute Gasteiger partial charge is 0.508 e. The van der Waals surface area contributed by atoms with E-state index in [4.69, 9.17) is 4.74 Å². The van der Waals surface area contributed by atoms with Gasteiger partial charge in [-0.25, -0.2) is 4.79 Å². The summed E-state index contributed by atoms with van der Waals surface area (Å²) in [5.41, 5.74) is 1.03. The first-order chi connectivity index (χ1) is 12.9. The number of esters is 1. The molecule has 1 heterocycles. The van der Waals surface area contributed by atoms with Crippen molar-refractivity contribution >= 4 is 23.3 Å². The van der Waals surface area contributed by atoms with Crippen molar-refractivity contribution in [3.05, 3.63) is 57.6 Å². The van der Waals surface area contributed by atoms with E-state index in [1.807, 2.05) is 0 Å². The Labute approximate surface area is 153 Å². The fourth-order valence-electron chi connectivity index (χ4n) is 2.93. The van der Waals surface area contributed by atoms with Crippen LogP contribution in [0.4, 0.5) is 11.4 Å². The number of carbonyl (C=O) groups is 2. The van der Waals surface area contributed by atoms with Gasteiger partial charge in [-0.15, -0.1) is 0 Å². The van der Waals surface area contributed by atoms with Gasteiger partial charge in [-0.3, -0.25) is 14.9 Å². The Morgan fingerprint density at radius 2 is 1.96 bits per heavy atom. The lowest BCUT2D eigenvalue weighted by molar-refractivity contribution is -0.384. The second kappa shape index (κ2) is 7.32. The Balaban J connectivity index is 1.70. The van der Waals surface area contributed by atoms with Crippen molar-refractivity contribution in [3.63, 3.8) is 0 Å². The molecule has 1 aliphatic rings. The van der Waals surface area contributed by atoms with Crippen LogP contribution in [0.1, 0.15) is 22.3 Å². The summed E-state index contributed by atoms with van der Waals surface area (Å²) in [4.78, 5) is 36.3. The predicted molar refractivity (Wildman–Crippen MR) is 93.8 cm³/mol. The third-order valence-electron chi connectivity index (χ3n) is 4.22. The SMILES string of the molecule is O=C(OCC(=O)N1CCCc2cc([N+](=O)[O-])ccc21)c1ccc(O)cc1O. The van der Waals surface area contributed by atoms with E-state index in [1.165, 1.54) is 35.2 Å². The Bertz CT molecular complexity index is 926. The molecule has 0 fully saturated rings. The highest BCUT2D eigenvalue weighted by atomic mass is 16.6. The highest BCUT2D eigenvalue weighted by Gasteiger charge is 2.25. The van der Waals surface area contributed by atoms with E-state index in [2.05, 4.69) is 0 Å². The van der Waals surface area contributed by atoms with Crippen molar-refractivity contribution in [1.82, 2.24) is 0 Å². The van der Waals surface area contributed by atoms with Crippen LogP contribution in [0, 0.1) is 10.1 Å². The van der Waals surface area contributed by atoms with E-state index in [-0.39, 0.29) is 17.0 Å². The normalized spacial score (nSPS) is 13.0. The topological polar surface area (TPSA) is 130 Å². The Kier molecular flexibility index (Phi) is 4.93. The molecule has 0 saturated carbocycles. The molecule has 2 aromatic carbocycles. The lowest BCUT2D eigenvalue weighted by Gasteiger charge is -2.29. The zero-order valence-corrected chi connectivity index (χ0v) is 14.1. The van der Waals surface area contributed by atoms with Crippen LogP contribution >= 0.6 is 0 Å². The van der Waals surface area contributed by atoms with Crippen LogP contribution < -0.4 is 4.90 Å². The fourth-order valence-corrected chi connectivity index (χ4v) is 2.93. The number of amides is 1. The maximum atomic E-state index is 12.5. The van der Waals surface area contributed by atoms with Crippen LogP contribution in [0.25, 0.3) is 0 Å². The third kappa shape index (κ3) is 3.81. The number of hydrogen-bond donors (Lipinski definition) is 2. The molecular weight excluding hydrogens is 356 g/mol. The van der Waals surface area contributed by atoms with Gasteiger partial charge in [-0.05, 0) is 36.6 Å². The molecule has 9 nitrogen and oxygen atoms in total. The van der Waals surface area contributed by atoms with E-state index in [9.17, 15) is 29.9 Å². The van der Waals surface area contributed by atoms with Gasteiger partial charge in [-0.2, -0.15) is 0 Å². The summed E-state index contributed by atoms with van der Waals surface area (Å²) in [7, 11) is 0. The Hall–Kier alpha value is -3.62. The number of rotatable bonds is 4. The zero-order valence-electron chi connectivity index (χ0n) is 14.1. The standard InChI is InChI=1S/C18H16N2O7/c21-13-4-5-14(16(22)9-13)18(24)27-10-17(23)19-7-1-2-11-8-12(20(25)26)3-6-15(11)19/h3-6,8-9,21-22H,1-2,7,10H2. The van der Waals surface area contributed by atoms with Crippen molar-refractivity contribution in [2.45, 2.75) is 12.8 Å². The molecule has 27 heavy (non-hydrogen) atoms. The number of aromatic hydroxyl groups is 2. The Morgan fingerprint density at radius 3 is 2.67 bits per heavy atom. The quantitative estimate of drug-likeness (QED) is 0.478. The van der Waals surface area contributed by atoms with E-state index < -0.39 is 29.2 Å². The second-order valence-corrected chi connectivity index (χ2v) is 6.00. The molecule has 2 aromatic rings. The molecule has 0 bridgehead atoms. The van der Waals surface area contributed by atoms with Gasteiger partial charge >= 0.3 is 5.97 Å². The molecule has 1 amide bonds. The minimum atomic E-state index is -0.901. The maximum Gasteiger partial charge on any atom is 0.342 e. The van der Waals surface area contributed by atoms with Gasteiger partial charge in [0, 0.05) is 30.4 Å². The summed E-state index contributed by atoms with van der Waals surface area (Å²) in [5.74, 6) is -2.04. The van der Waals surface area contributed by atoms with E-state index in [0.29, 0.717) is 30.6 Å². The monoisotopic (exact) mass is 372 g/mol. The lowest BCUT2D eigenvalue weighted by atomic mass is 10.0. The van der Waals surface area contributed by atoms with Crippen molar-refractivity contribution in [2.24, 2.45) is 0 Å². The summed E-state index contributed by atoms with van der Waals surface area (Å²) in [5, 5.41) is 29.8. The van der Waals surface area contributed by atoms with Gasteiger partial charge in [0.2, 0.25) is 0 Å². The number of benzene rings is 2. The van der Waals surface area contributed by atoms with Crippen LogP contribution in [0.15, 0.2) is 36.4 Å². The van der Waals surface area contributed by atoms with Gasteiger partial charge in [0.1, 0.15) is 17.1 Å². The summed E-state index contributed by atoms with van der Waals surface area (Å²) in [6, 6.07) is 7.67. The minimum Gasteiger partial charge on any atom is -0.508 e. The molecule has 0 atom stereocenters. The number of non-ortho nitro benzene ring substituents is 1. The molecule has 1 aliphatic heterocycles.